The van der Waals surface area contributed by atoms with Crippen LogP contribution in [0.5, 0.6) is 0 Å². The number of carbonyl (C=O) groups excluding carboxylic acids is 1. The Labute approximate surface area is 200 Å². The van der Waals surface area contributed by atoms with Crippen molar-refractivity contribution < 1.29 is 18.3 Å². The molecule has 10 heteroatoms. The Hall–Kier alpha value is -2.01. The van der Waals surface area contributed by atoms with Crippen molar-refractivity contribution in [2.45, 2.75) is 44.3 Å². The largest absolute Gasteiger partial charge is 0.396 e. The van der Waals surface area contributed by atoms with E-state index in [1.165, 1.54) is 4.31 Å². The van der Waals surface area contributed by atoms with Crippen LogP contribution in [0.4, 0.5) is 0 Å². The SMILES string of the molecule is CN1CCN(C(=O)[C@H]2[C@H](CO)[C@H]3Cn4c(ccc(C5=CCCCC5)c4=O)[C@@H]2N3S(C)(=O)=O)CC1. The lowest BCUT2D eigenvalue weighted by atomic mass is 9.86. The molecular formula is C24H34N4O5S. The number of piperazine rings is 1. The van der Waals surface area contributed by atoms with E-state index >= 15 is 0 Å². The van der Waals surface area contributed by atoms with Gasteiger partial charge in [0.2, 0.25) is 15.9 Å². The number of hydrogen-bond donors (Lipinski definition) is 1. The summed E-state index contributed by atoms with van der Waals surface area (Å²) in [5, 5.41) is 10.4. The summed E-state index contributed by atoms with van der Waals surface area (Å²) >= 11 is 0. The Morgan fingerprint density at radius 1 is 1.15 bits per heavy atom. The predicted molar refractivity (Wildman–Crippen MR) is 129 cm³/mol. The highest BCUT2D eigenvalue weighted by Crippen LogP contribution is 2.50. The van der Waals surface area contributed by atoms with Gasteiger partial charge in [-0.15, -0.1) is 0 Å². The van der Waals surface area contributed by atoms with Crippen molar-refractivity contribution in [3.8, 4) is 0 Å². The Balaban J connectivity index is 1.60. The number of allylic oxidation sites excluding steroid dienone is 2. The van der Waals surface area contributed by atoms with Crippen LogP contribution in [-0.2, 0) is 21.4 Å². The number of aliphatic hydroxyl groups excluding tert-OH is 1. The number of aliphatic hydroxyl groups is 1. The fraction of sp³-hybridized carbons (Fsp3) is 0.667. The maximum Gasteiger partial charge on any atom is 0.258 e. The number of hydrogen-bond acceptors (Lipinski definition) is 6. The predicted octanol–water partition coefficient (Wildman–Crippen LogP) is 0.503. The third kappa shape index (κ3) is 3.84. The summed E-state index contributed by atoms with van der Waals surface area (Å²) < 4.78 is 28.9. The molecule has 0 aromatic carbocycles. The van der Waals surface area contributed by atoms with Gasteiger partial charge in [0, 0.05) is 62.5 Å². The number of fused-ring (bicyclic) bond motifs is 4. The zero-order chi connectivity index (χ0) is 24.2. The van der Waals surface area contributed by atoms with Crippen LogP contribution in [0.3, 0.4) is 0 Å². The molecular weight excluding hydrogens is 456 g/mol. The minimum Gasteiger partial charge on any atom is -0.396 e. The lowest BCUT2D eigenvalue weighted by Gasteiger charge is -2.38. The van der Waals surface area contributed by atoms with Crippen molar-refractivity contribution in [1.29, 1.82) is 0 Å². The molecule has 1 aromatic rings. The fourth-order valence-corrected chi connectivity index (χ4v) is 7.72. The quantitative estimate of drug-likeness (QED) is 0.660. The van der Waals surface area contributed by atoms with Gasteiger partial charge in [-0.2, -0.15) is 4.31 Å². The van der Waals surface area contributed by atoms with Gasteiger partial charge in [-0.25, -0.2) is 8.42 Å². The molecule has 1 aliphatic carbocycles. The molecule has 34 heavy (non-hydrogen) atoms. The number of pyridine rings is 1. The Bertz CT molecular complexity index is 1170. The number of sulfonamides is 1. The van der Waals surface area contributed by atoms with Crippen molar-refractivity contribution in [3.63, 3.8) is 0 Å². The van der Waals surface area contributed by atoms with Gasteiger partial charge >= 0.3 is 0 Å². The van der Waals surface area contributed by atoms with Gasteiger partial charge in [0.25, 0.3) is 5.56 Å². The first-order chi connectivity index (χ1) is 16.2. The normalized spacial score (nSPS) is 30.2. The molecule has 2 saturated heterocycles. The van der Waals surface area contributed by atoms with Gasteiger partial charge in [0.05, 0.1) is 18.2 Å². The molecule has 2 bridgehead atoms. The van der Waals surface area contributed by atoms with Crippen LogP contribution in [-0.4, -0.2) is 90.2 Å². The van der Waals surface area contributed by atoms with Crippen LogP contribution >= 0.6 is 0 Å². The van der Waals surface area contributed by atoms with Crippen molar-refractivity contribution in [1.82, 2.24) is 18.7 Å². The maximum atomic E-state index is 13.8. The van der Waals surface area contributed by atoms with E-state index in [2.05, 4.69) is 11.0 Å². The van der Waals surface area contributed by atoms with Crippen LogP contribution in [0.2, 0.25) is 0 Å². The molecule has 5 rings (SSSR count). The molecule has 0 saturated carbocycles. The number of nitrogens with zero attached hydrogens (tertiary/aromatic N) is 4. The molecule has 1 N–H and O–H groups in total. The van der Waals surface area contributed by atoms with Gasteiger partial charge in [-0.3, -0.25) is 9.59 Å². The van der Waals surface area contributed by atoms with Gasteiger partial charge < -0.3 is 19.5 Å². The molecule has 4 heterocycles. The monoisotopic (exact) mass is 490 g/mol. The van der Waals surface area contributed by atoms with E-state index in [4.69, 9.17) is 0 Å². The average molecular weight is 491 g/mol. The van der Waals surface area contributed by atoms with E-state index in [0.29, 0.717) is 24.3 Å². The summed E-state index contributed by atoms with van der Waals surface area (Å²) in [4.78, 5) is 31.3. The molecule has 2 fully saturated rings. The molecule has 4 atom stereocenters. The molecule has 4 aliphatic rings. The standard InChI is InChI=1S/C24H34N4O5S/c1-25-10-12-26(13-11-25)24(31)21-18(15-29)20-14-27-19(22(21)28(20)34(2,32)33)9-8-17(23(27)30)16-6-4-3-5-7-16/h6,8-9,18,20-22,29H,3-5,7,10-15H2,1-2H3/t18-,20-,21+,22+/m1/s1. The number of aromatic nitrogens is 1. The van der Waals surface area contributed by atoms with Crippen LogP contribution < -0.4 is 5.56 Å². The second kappa shape index (κ2) is 8.89. The molecule has 1 amide bonds. The summed E-state index contributed by atoms with van der Waals surface area (Å²) in [6, 6.07) is 2.21. The number of carbonyl (C=O) groups is 1. The van der Waals surface area contributed by atoms with Crippen molar-refractivity contribution in [2.75, 3.05) is 46.1 Å². The fourth-order valence-electron chi connectivity index (χ4n) is 6.35. The minimum atomic E-state index is -3.68. The topological polar surface area (TPSA) is 103 Å². The summed E-state index contributed by atoms with van der Waals surface area (Å²) in [6.45, 7) is 2.48. The minimum absolute atomic E-state index is 0.127. The molecule has 0 spiro atoms. The van der Waals surface area contributed by atoms with E-state index < -0.39 is 33.9 Å². The van der Waals surface area contributed by atoms with Gasteiger partial charge in [-0.05, 0) is 50.4 Å². The highest BCUT2D eigenvalue weighted by Gasteiger charge is 2.59. The Morgan fingerprint density at radius 2 is 1.88 bits per heavy atom. The van der Waals surface area contributed by atoms with E-state index in [0.717, 1.165) is 50.6 Å². The number of likely N-dealkylation sites (N-methyl/N-ethyl adjacent to an activating group) is 1. The summed E-state index contributed by atoms with van der Waals surface area (Å²) in [5.74, 6) is -1.42. The first-order valence-electron chi connectivity index (χ1n) is 12.2. The maximum absolute atomic E-state index is 13.8. The zero-order valence-electron chi connectivity index (χ0n) is 19.9. The molecule has 186 valence electrons. The second-order valence-corrected chi connectivity index (χ2v) is 12.1. The van der Waals surface area contributed by atoms with Crippen molar-refractivity contribution in [3.05, 3.63) is 39.8 Å². The Morgan fingerprint density at radius 3 is 2.50 bits per heavy atom. The third-order valence-electron chi connectivity index (χ3n) is 8.11. The summed E-state index contributed by atoms with van der Waals surface area (Å²) in [5.41, 5.74) is 2.14. The van der Waals surface area contributed by atoms with Crippen LogP contribution in [0.1, 0.15) is 43.0 Å². The molecule has 0 radical (unpaired) electrons. The van der Waals surface area contributed by atoms with Crippen molar-refractivity contribution >= 4 is 21.5 Å². The van der Waals surface area contributed by atoms with Gasteiger partial charge in [0.15, 0.2) is 0 Å². The highest BCUT2D eigenvalue weighted by molar-refractivity contribution is 7.88. The van der Waals surface area contributed by atoms with Crippen LogP contribution in [0.25, 0.3) is 5.57 Å². The first kappa shape index (κ1) is 23.7. The van der Waals surface area contributed by atoms with E-state index in [9.17, 15) is 23.1 Å². The van der Waals surface area contributed by atoms with E-state index in [-0.39, 0.29) is 24.6 Å². The Kier molecular flexibility index (Phi) is 6.20. The molecule has 0 unspecified atom stereocenters. The second-order valence-electron chi connectivity index (χ2n) is 10.2. The van der Waals surface area contributed by atoms with Crippen molar-refractivity contribution in [2.24, 2.45) is 11.8 Å². The number of amides is 1. The van der Waals surface area contributed by atoms with E-state index in [1.807, 2.05) is 13.1 Å². The smallest absolute Gasteiger partial charge is 0.258 e. The molecule has 9 nitrogen and oxygen atoms in total. The summed E-state index contributed by atoms with van der Waals surface area (Å²) in [6.07, 6.45) is 7.27. The van der Waals surface area contributed by atoms with Gasteiger partial charge in [0.1, 0.15) is 0 Å². The zero-order valence-corrected chi connectivity index (χ0v) is 20.7. The number of rotatable bonds is 4. The van der Waals surface area contributed by atoms with E-state index in [1.54, 1.807) is 15.5 Å². The average Bonchev–Trinajstić information content (AvgIpc) is 3.08. The lowest BCUT2D eigenvalue weighted by molar-refractivity contribution is -0.139. The molecule has 1 aromatic heterocycles. The van der Waals surface area contributed by atoms with Gasteiger partial charge in [-0.1, -0.05) is 6.08 Å². The third-order valence-corrected chi connectivity index (χ3v) is 9.37. The molecule has 3 aliphatic heterocycles. The summed E-state index contributed by atoms with van der Waals surface area (Å²) in [7, 11) is -1.67. The van der Waals surface area contributed by atoms with Crippen LogP contribution in [0.15, 0.2) is 23.0 Å². The first-order valence-corrected chi connectivity index (χ1v) is 14.1. The lowest BCUT2D eigenvalue weighted by Crippen LogP contribution is -2.51. The highest BCUT2D eigenvalue weighted by atomic mass is 32.2. The van der Waals surface area contributed by atoms with Crippen LogP contribution in [0, 0.1) is 11.8 Å².